The second-order valence-electron chi connectivity index (χ2n) is 14.2. The average Bonchev–Trinajstić information content (AvgIpc) is 3.87. The average molecular weight is 687 g/mol. The number of para-hydroxylation sites is 3. The Bertz CT molecular complexity index is 3310. The van der Waals surface area contributed by atoms with Crippen LogP contribution >= 0.6 is 0 Å². The highest BCUT2D eigenvalue weighted by Crippen LogP contribution is 2.47. The molecule has 7 aromatic carbocycles. The first kappa shape index (κ1) is 29.3. The van der Waals surface area contributed by atoms with Crippen LogP contribution in [0.2, 0.25) is 0 Å². The molecule has 4 heteroatoms. The zero-order valence-corrected chi connectivity index (χ0v) is 29.1. The van der Waals surface area contributed by atoms with Gasteiger partial charge in [0, 0.05) is 67.4 Å². The summed E-state index contributed by atoms with van der Waals surface area (Å²) in [5, 5.41) is 6.13. The summed E-state index contributed by atoms with van der Waals surface area (Å²) in [6.45, 7) is 0. The van der Waals surface area contributed by atoms with Gasteiger partial charge >= 0.3 is 0 Å². The summed E-state index contributed by atoms with van der Waals surface area (Å²) >= 11 is 0. The quantitative estimate of drug-likeness (QED) is 0.185. The lowest BCUT2D eigenvalue weighted by Crippen LogP contribution is -1.93. The van der Waals surface area contributed by atoms with Gasteiger partial charge in [-0.3, -0.25) is 9.97 Å². The Morgan fingerprint density at radius 2 is 0.907 bits per heavy atom. The number of benzene rings is 7. The molecule has 12 rings (SSSR count). The van der Waals surface area contributed by atoms with Gasteiger partial charge in [0.25, 0.3) is 0 Å². The van der Waals surface area contributed by atoms with E-state index in [0.717, 1.165) is 33.6 Å². The van der Waals surface area contributed by atoms with E-state index in [-0.39, 0.29) is 0 Å². The molecule has 0 N–H and O–H groups in total. The largest absolute Gasteiger partial charge is 0.309 e. The second-order valence-corrected chi connectivity index (χ2v) is 14.2. The topological polar surface area (TPSA) is 35.6 Å². The van der Waals surface area contributed by atoms with Gasteiger partial charge in [-0.1, -0.05) is 84.9 Å². The van der Waals surface area contributed by atoms with Crippen LogP contribution in [0.5, 0.6) is 0 Å². The fourth-order valence-corrected chi connectivity index (χ4v) is 8.92. The minimum absolute atomic E-state index is 1.01. The minimum atomic E-state index is 1.01. The van der Waals surface area contributed by atoms with Crippen LogP contribution in [0.15, 0.2) is 182 Å². The lowest BCUT2D eigenvalue weighted by Gasteiger charge is -2.09. The first-order valence-corrected chi connectivity index (χ1v) is 18.4. The van der Waals surface area contributed by atoms with E-state index in [1.807, 2.05) is 12.4 Å². The van der Waals surface area contributed by atoms with E-state index in [4.69, 9.17) is 4.98 Å². The number of hydrogen-bond donors (Lipinski definition) is 0. The van der Waals surface area contributed by atoms with E-state index >= 15 is 0 Å². The van der Waals surface area contributed by atoms with Gasteiger partial charge in [0.2, 0.25) is 0 Å². The zero-order valence-electron chi connectivity index (χ0n) is 29.1. The van der Waals surface area contributed by atoms with Gasteiger partial charge in [0.05, 0.1) is 33.3 Å². The molecule has 54 heavy (non-hydrogen) atoms. The van der Waals surface area contributed by atoms with Crippen molar-refractivity contribution < 1.29 is 0 Å². The highest BCUT2D eigenvalue weighted by Gasteiger charge is 2.24. The standard InChI is InChI=1S/C50H30N4/c1-3-10-35(11-4-1)53-45-17-8-7-14-37(45)40-26-31(18-21-46(40)53)32-19-22-47-41(27-32)42-28-33(20-23-48(42)54(47)36-12-5-2-6-13-36)34-29-43-38-24-25-51-44-16-9-15-39(49(38)44)50(43)52-30-34/h1-30H. The molecule has 1 aliphatic rings. The highest BCUT2D eigenvalue weighted by molar-refractivity contribution is 6.15. The van der Waals surface area contributed by atoms with Gasteiger partial charge in [0.15, 0.2) is 0 Å². The second kappa shape index (κ2) is 11.1. The predicted molar refractivity (Wildman–Crippen MR) is 224 cm³/mol. The van der Waals surface area contributed by atoms with Gasteiger partial charge in [-0.15, -0.1) is 0 Å². The number of fused-ring (bicyclic) bond motifs is 9. The number of rotatable bonds is 4. The van der Waals surface area contributed by atoms with Crippen LogP contribution in [0, 0.1) is 0 Å². The molecule has 4 aromatic heterocycles. The van der Waals surface area contributed by atoms with Crippen molar-refractivity contribution in [1.82, 2.24) is 19.1 Å². The number of pyridine rings is 2. The Morgan fingerprint density at radius 1 is 0.352 bits per heavy atom. The zero-order chi connectivity index (χ0) is 35.3. The lowest BCUT2D eigenvalue weighted by molar-refractivity contribution is 1.18. The van der Waals surface area contributed by atoms with Gasteiger partial charge in [-0.25, -0.2) is 0 Å². The summed E-state index contributed by atoms with van der Waals surface area (Å²) in [5.41, 5.74) is 17.3. The molecule has 0 unspecified atom stereocenters. The molecule has 0 saturated heterocycles. The molecular formula is C50H30N4. The van der Waals surface area contributed by atoms with Gasteiger partial charge in [-0.05, 0) is 107 Å². The third-order valence-electron chi connectivity index (χ3n) is 11.3. The van der Waals surface area contributed by atoms with Gasteiger partial charge in [-0.2, -0.15) is 0 Å². The smallest absolute Gasteiger partial charge is 0.0788 e. The predicted octanol–water partition coefficient (Wildman–Crippen LogP) is 12.8. The van der Waals surface area contributed by atoms with Crippen molar-refractivity contribution in [3.63, 3.8) is 0 Å². The molecule has 0 radical (unpaired) electrons. The van der Waals surface area contributed by atoms with Crippen molar-refractivity contribution in [1.29, 1.82) is 0 Å². The summed E-state index contributed by atoms with van der Waals surface area (Å²) in [4.78, 5) is 9.69. The maximum atomic E-state index is 5.06. The molecular weight excluding hydrogens is 657 g/mol. The van der Waals surface area contributed by atoms with E-state index in [1.165, 1.54) is 76.9 Å². The fourth-order valence-electron chi connectivity index (χ4n) is 8.92. The molecule has 0 atom stereocenters. The molecule has 0 amide bonds. The summed E-state index contributed by atoms with van der Waals surface area (Å²) in [6.07, 6.45) is 3.94. The molecule has 250 valence electrons. The van der Waals surface area contributed by atoms with Crippen LogP contribution in [0.3, 0.4) is 0 Å². The van der Waals surface area contributed by atoms with E-state index in [9.17, 15) is 0 Å². The van der Waals surface area contributed by atoms with E-state index in [1.54, 1.807) is 0 Å². The van der Waals surface area contributed by atoms with Crippen molar-refractivity contribution in [3.05, 3.63) is 182 Å². The van der Waals surface area contributed by atoms with Crippen molar-refractivity contribution >= 4 is 54.5 Å². The third-order valence-corrected chi connectivity index (χ3v) is 11.3. The summed E-state index contributed by atoms with van der Waals surface area (Å²) in [5.74, 6) is 0. The molecule has 0 fully saturated rings. The van der Waals surface area contributed by atoms with Crippen molar-refractivity contribution in [2.24, 2.45) is 0 Å². The number of nitrogens with zero attached hydrogens (tertiary/aromatic N) is 4. The van der Waals surface area contributed by atoms with Gasteiger partial charge in [0.1, 0.15) is 0 Å². The van der Waals surface area contributed by atoms with Gasteiger partial charge < -0.3 is 9.13 Å². The SMILES string of the molecule is c1ccc(-n2c3ccccc3c3cc(-c4ccc5c(c4)c4cc(-c6cnc7c(c6)-c6ccnc8cccc-7c68)ccc4n5-c4ccccc4)ccc32)cc1. The summed E-state index contributed by atoms with van der Waals surface area (Å²) < 4.78 is 4.76. The molecule has 1 aliphatic carbocycles. The van der Waals surface area contributed by atoms with Crippen molar-refractivity contribution in [2.45, 2.75) is 0 Å². The Kier molecular flexibility index (Phi) is 6.02. The number of hydrogen-bond acceptors (Lipinski definition) is 2. The fraction of sp³-hybridized carbons (Fsp3) is 0. The molecule has 0 spiro atoms. The van der Waals surface area contributed by atoms with E-state index in [0.29, 0.717) is 0 Å². The molecule has 0 saturated carbocycles. The Hall–Kier alpha value is -7.30. The highest BCUT2D eigenvalue weighted by atomic mass is 15.0. The van der Waals surface area contributed by atoms with Crippen LogP contribution in [0.4, 0.5) is 0 Å². The Morgan fingerprint density at radius 3 is 1.56 bits per heavy atom. The lowest BCUT2D eigenvalue weighted by atomic mass is 9.98. The summed E-state index contributed by atoms with van der Waals surface area (Å²) in [7, 11) is 0. The van der Waals surface area contributed by atoms with E-state index in [2.05, 4.69) is 184 Å². The Balaban J connectivity index is 1.05. The van der Waals surface area contributed by atoms with Crippen molar-refractivity contribution in [3.8, 4) is 56.0 Å². The van der Waals surface area contributed by atoms with Crippen LogP contribution in [-0.4, -0.2) is 19.1 Å². The molecule has 11 aromatic rings. The first-order chi connectivity index (χ1) is 26.8. The van der Waals surface area contributed by atoms with E-state index < -0.39 is 0 Å². The Labute approximate surface area is 310 Å². The van der Waals surface area contributed by atoms with Crippen LogP contribution in [-0.2, 0) is 0 Å². The maximum absolute atomic E-state index is 5.06. The van der Waals surface area contributed by atoms with Crippen LogP contribution < -0.4 is 0 Å². The minimum Gasteiger partial charge on any atom is -0.309 e. The monoisotopic (exact) mass is 686 g/mol. The molecule has 4 nitrogen and oxygen atoms in total. The maximum Gasteiger partial charge on any atom is 0.0788 e. The molecule has 0 bridgehead atoms. The van der Waals surface area contributed by atoms with Crippen LogP contribution in [0.25, 0.3) is 111 Å². The molecule has 4 heterocycles. The summed E-state index contributed by atoms with van der Waals surface area (Å²) in [6, 6.07) is 61.5. The molecule has 0 aliphatic heterocycles. The normalized spacial score (nSPS) is 12.1. The third kappa shape index (κ3) is 4.13. The number of aromatic nitrogens is 4. The first-order valence-electron chi connectivity index (χ1n) is 18.4. The van der Waals surface area contributed by atoms with Crippen molar-refractivity contribution in [2.75, 3.05) is 0 Å². The van der Waals surface area contributed by atoms with Crippen LogP contribution in [0.1, 0.15) is 0 Å².